The van der Waals surface area contributed by atoms with Gasteiger partial charge in [-0.2, -0.15) is 0 Å². The van der Waals surface area contributed by atoms with Gasteiger partial charge in [0.2, 0.25) is 0 Å². The van der Waals surface area contributed by atoms with Crippen LogP contribution in [0.5, 0.6) is 0 Å². The largest absolute Gasteiger partial charge is 0.481 e. The minimum absolute atomic E-state index is 0.281. The first-order valence-electron chi connectivity index (χ1n) is 6.50. The van der Waals surface area contributed by atoms with Crippen LogP contribution in [0, 0.1) is 0 Å². The van der Waals surface area contributed by atoms with E-state index in [1.165, 1.54) is 37.9 Å². The average Bonchev–Trinajstić information content (AvgIpc) is 2.79. The summed E-state index contributed by atoms with van der Waals surface area (Å²) in [4.78, 5) is 10.3. The molecule has 1 aliphatic rings. The fourth-order valence-corrected chi connectivity index (χ4v) is 4.88. The first kappa shape index (κ1) is 15.2. The van der Waals surface area contributed by atoms with E-state index < -0.39 is 5.97 Å². The molecular formula is C12H23NO2S2. The van der Waals surface area contributed by atoms with Gasteiger partial charge in [0.05, 0.1) is 0 Å². The first-order chi connectivity index (χ1) is 8.29. The molecule has 3 nitrogen and oxygen atoms in total. The van der Waals surface area contributed by atoms with Crippen LogP contribution in [0.2, 0.25) is 0 Å². The highest BCUT2D eigenvalue weighted by Gasteiger charge is 2.15. The molecule has 1 fully saturated rings. The maximum absolute atomic E-state index is 10.3. The molecule has 0 amide bonds. The fraction of sp³-hybridized carbons (Fsp3) is 0.917. The minimum Gasteiger partial charge on any atom is -0.481 e. The molecule has 100 valence electrons. The maximum atomic E-state index is 10.3. The van der Waals surface area contributed by atoms with Gasteiger partial charge in [-0.3, -0.25) is 4.79 Å². The summed E-state index contributed by atoms with van der Waals surface area (Å²) in [6.45, 7) is 1.87. The van der Waals surface area contributed by atoms with Crippen molar-refractivity contribution in [2.45, 2.75) is 50.2 Å². The lowest BCUT2D eigenvalue weighted by Gasteiger charge is -2.07. The van der Waals surface area contributed by atoms with Crippen molar-refractivity contribution in [3.05, 3.63) is 0 Å². The third-order valence-electron chi connectivity index (χ3n) is 2.85. The van der Waals surface area contributed by atoms with Crippen LogP contribution in [0.15, 0.2) is 0 Å². The van der Waals surface area contributed by atoms with Gasteiger partial charge in [0.25, 0.3) is 0 Å². The summed E-state index contributed by atoms with van der Waals surface area (Å²) in [5, 5.41) is 12.7. The zero-order valence-electron chi connectivity index (χ0n) is 10.3. The summed E-state index contributed by atoms with van der Waals surface area (Å²) in [6, 6.07) is 0. The molecule has 0 saturated carbocycles. The summed E-state index contributed by atoms with van der Waals surface area (Å²) in [7, 11) is 4.08. The number of nitrogens with one attached hydrogen (secondary N) is 1. The molecule has 0 spiro atoms. The van der Waals surface area contributed by atoms with E-state index in [4.69, 9.17) is 5.11 Å². The molecular weight excluding hydrogens is 254 g/mol. The van der Waals surface area contributed by atoms with Crippen LogP contribution >= 0.6 is 21.6 Å². The van der Waals surface area contributed by atoms with Crippen LogP contribution in [-0.2, 0) is 4.79 Å². The van der Waals surface area contributed by atoms with Crippen LogP contribution in [0.1, 0.15) is 44.9 Å². The molecule has 5 heteroatoms. The van der Waals surface area contributed by atoms with Gasteiger partial charge in [0.1, 0.15) is 0 Å². The number of hydrogen-bond acceptors (Lipinski definition) is 4. The Bertz CT molecular complexity index is 209. The molecule has 17 heavy (non-hydrogen) atoms. The molecule has 0 aliphatic carbocycles. The summed E-state index contributed by atoms with van der Waals surface area (Å²) in [6.07, 6.45) is 7.65. The van der Waals surface area contributed by atoms with E-state index in [0.29, 0.717) is 0 Å². The smallest absolute Gasteiger partial charge is 0.303 e. The van der Waals surface area contributed by atoms with E-state index in [0.717, 1.165) is 24.8 Å². The van der Waals surface area contributed by atoms with Crippen LogP contribution < -0.4 is 5.32 Å². The maximum Gasteiger partial charge on any atom is 0.303 e. The highest BCUT2D eigenvalue weighted by Crippen LogP contribution is 2.39. The standard InChI is InChI=1S/C12H23NO2S2/c14-12(15)6-4-9-13-8-3-1-2-5-11-7-10-16-17-11/h11,13H,1-10H2,(H,14,15)/t11-/m1/s1. The number of rotatable bonds is 10. The van der Waals surface area contributed by atoms with Crippen molar-refractivity contribution in [2.24, 2.45) is 0 Å². The number of hydrogen-bond donors (Lipinski definition) is 2. The molecule has 0 unspecified atom stereocenters. The van der Waals surface area contributed by atoms with E-state index in [2.05, 4.69) is 16.1 Å². The number of carbonyl (C=O) groups is 1. The van der Waals surface area contributed by atoms with Gasteiger partial charge in [-0.1, -0.05) is 34.4 Å². The van der Waals surface area contributed by atoms with Crippen molar-refractivity contribution in [1.82, 2.24) is 5.32 Å². The molecule has 0 aromatic rings. The fourth-order valence-electron chi connectivity index (χ4n) is 1.85. The van der Waals surface area contributed by atoms with Gasteiger partial charge < -0.3 is 10.4 Å². The molecule has 2 N–H and O–H groups in total. The Morgan fingerprint density at radius 1 is 1.24 bits per heavy atom. The van der Waals surface area contributed by atoms with Crippen LogP contribution in [-0.4, -0.2) is 35.2 Å². The molecule has 0 aromatic heterocycles. The normalized spacial score (nSPS) is 19.6. The molecule has 0 bridgehead atoms. The second-order valence-electron chi connectivity index (χ2n) is 4.43. The lowest BCUT2D eigenvalue weighted by Crippen LogP contribution is -2.17. The van der Waals surface area contributed by atoms with E-state index in [-0.39, 0.29) is 6.42 Å². The number of carboxylic acids is 1. The minimum atomic E-state index is -0.696. The average molecular weight is 277 g/mol. The second kappa shape index (κ2) is 10.1. The van der Waals surface area contributed by atoms with Crippen molar-refractivity contribution in [3.63, 3.8) is 0 Å². The number of aliphatic carboxylic acids is 1. The monoisotopic (exact) mass is 277 g/mol. The number of carboxylic acid groups (broad SMARTS) is 1. The Hall–Kier alpha value is 0.130. The predicted molar refractivity (Wildman–Crippen MR) is 76.7 cm³/mol. The lowest BCUT2D eigenvalue weighted by molar-refractivity contribution is -0.137. The summed E-state index contributed by atoms with van der Waals surface area (Å²) >= 11 is 0. The van der Waals surface area contributed by atoms with E-state index in [1.54, 1.807) is 0 Å². The van der Waals surface area contributed by atoms with Crippen LogP contribution in [0.4, 0.5) is 0 Å². The molecule has 1 aliphatic heterocycles. The number of unbranched alkanes of at least 4 members (excludes halogenated alkanes) is 2. The summed E-state index contributed by atoms with van der Waals surface area (Å²) in [5.41, 5.74) is 0. The zero-order valence-corrected chi connectivity index (χ0v) is 12.0. The third kappa shape index (κ3) is 8.80. The quantitative estimate of drug-likeness (QED) is 0.474. The van der Waals surface area contributed by atoms with Gasteiger partial charge >= 0.3 is 5.97 Å². The molecule has 1 rings (SSSR count). The Balaban J connectivity index is 1.73. The van der Waals surface area contributed by atoms with Crippen LogP contribution in [0.25, 0.3) is 0 Å². The van der Waals surface area contributed by atoms with Gasteiger partial charge in [0.15, 0.2) is 0 Å². The molecule has 0 radical (unpaired) electrons. The lowest BCUT2D eigenvalue weighted by atomic mass is 10.1. The Morgan fingerprint density at radius 3 is 2.76 bits per heavy atom. The van der Waals surface area contributed by atoms with Crippen molar-refractivity contribution in [2.75, 3.05) is 18.8 Å². The van der Waals surface area contributed by atoms with E-state index in [1.807, 2.05) is 10.8 Å². The highest BCUT2D eigenvalue weighted by atomic mass is 33.1. The van der Waals surface area contributed by atoms with E-state index >= 15 is 0 Å². The summed E-state index contributed by atoms with van der Waals surface area (Å²) < 4.78 is 0. The zero-order chi connectivity index (χ0) is 12.3. The molecule has 0 aromatic carbocycles. The summed E-state index contributed by atoms with van der Waals surface area (Å²) in [5.74, 6) is 0.638. The highest BCUT2D eigenvalue weighted by molar-refractivity contribution is 8.77. The molecule has 1 heterocycles. The van der Waals surface area contributed by atoms with Crippen molar-refractivity contribution in [1.29, 1.82) is 0 Å². The van der Waals surface area contributed by atoms with Gasteiger partial charge in [-0.05, 0) is 38.8 Å². The van der Waals surface area contributed by atoms with E-state index in [9.17, 15) is 4.79 Å². The van der Waals surface area contributed by atoms with Gasteiger partial charge in [-0.25, -0.2) is 0 Å². The molecule has 1 atom stereocenters. The second-order valence-corrected chi connectivity index (χ2v) is 7.21. The Morgan fingerprint density at radius 2 is 2.06 bits per heavy atom. The predicted octanol–water partition coefficient (Wildman–Crippen LogP) is 3.15. The molecule has 1 saturated heterocycles. The Labute approximate surface area is 112 Å². The SMILES string of the molecule is O=C(O)CCCNCCCCC[C@@H]1CCSS1. The van der Waals surface area contributed by atoms with Crippen molar-refractivity contribution < 1.29 is 9.90 Å². The van der Waals surface area contributed by atoms with Gasteiger partial charge in [0, 0.05) is 17.4 Å². The van der Waals surface area contributed by atoms with Crippen LogP contribution in [0.3, 0.4) is 0 Å². The first-order valence-corrected chi connectivity index (χ1v) is 8.88. The van der Waals surface area contributed by atoms with Gasteiger partial charge in [-0.15, -0.1) is 0 Å². The third-order valence-corrected chi connectivity index (χ3v) is 5.86. The Kier molecular flexibility index (Phi) is 9.01. The van der Waals surface area contributed by atoms with Crippen molar-refractivity contribution in [3.8, 4) is 0 Å². The van der Waals surface area contributed by atoms with Crippen molar-refractivity contribution >= 4 is 27.6 Å². The topological polar surface area (TPSA) is 49.3 Å².